The molecule has 0 aromatic heterocycles. The summed E-state index contributed by atoms with van der Waals surface area (Å²) in [6.07, 6.45) is 7.56. The molecule has 0 spiro atoms. The normalized spacial score (nSPS) is 25.1. The van der Waals surface area contributed by atoms with E-state index in [0.29, 0.717) is 0 Å². The van der Waals surface area contributed by atoms with Gasteiger partial charge in [-0.25, -0.2) is 0 Å². The van der Waals surface area contributed by atoms with E-state index < -0.39 is 0 Å². The number of rotatable bonds is 1. The van der Waals surface area contributed by atoms with Crippen LogP contribution in [0.15, 0.2) is 0 Å². The second-order valence-electron chi connectivity index (χ2n) is 2.62. The van der Waals surface area contributed by atoms with Crippen LogP contribution in [-0.4, -0.2) is 12.3 Å². The zero-order valence-corrected chi connectivity index (χ0v) is 6.61. The van der Waals surface area contributed by atoms with Gasteiger partial charge in [-0.3, -0.25) is 0 Å². The molecule has 0 heterocycles. The summed E-state index contributed by atoms with van der Waals surface area (Å²) in [6.45, 7) is 2.34. The molecule has 8 heavy (non-hydrogen) atoms. The third kappa shape index (κ3) is 1.74. The van der Waals surface area contributed by atoms with Crippen molar-refractivity contribution in [1.29, 1.82) is 0 Å². The second kappa shape index (κ2) is 3.45. The van der Waals surface area contributed by atoms with Gasteiger partial charge in [0.05, 0.1) is 0 Å². The summed E-state index contributed by atoms with van der Waals surface area (Å²) in [7, 11) is 1.21. The Morgan fingerprint density at radius 3 is 2.12 bits per heavy atom. The summed E-state index contributed by atoms with van der Waals surface area (Å²) in [4.78, 5) is 0. The predicted octanol–water partition coefficient (Wildman–Crippen LogP) is 2.63. The average molecular weight is 130 g/mol. The predicted molar refractivity (Wildman–Crippen MR) is 41.1 cm³/mol. The van der Waals surface area contributed by atoms with Crippen molar-refractivity contribution in [3.05, 3.63) is 0 Å². The van der Waals surface area contributed by atoms with Gasteiger partial charge in [-0.1, -0.05) is 19.3 Å². The summed E-state index contributed by atoms with van der Waals surface area (Å²) in [6, 6.07) is 0. The minimum atomic E-state index is 1.11. The Bertz CT molecular complexity index is 55.4. The van der Waals surface area contributed by atoms with Gasteiger partial charge in [0, 0.05) is 0 Å². The Labute approximate surface area is 53.8 Å². The van der Waals surface area contributed by atoms with Gasteiger partial charge in [-0.15, -0.1) is 8.58 Å². The molecule has 0 aromatic rings. The van der Waals surface area contributed by atoms with E-state index in [9.17, 15) is 0 Å². The molecular formula is C7H15P. The largest absolute Gasteiger partial charge is 0.122 e. The molecule has 1 aliphatic carbocycles. The first-order valence-electron chi connectivity index (χ1n) is 3.61. The lowest BCUT2D eigenvalue weighted by atomic mass is 10.0. The summed E-state index contributed by atoms with van der Waals surface area (Å²) >= 11 is 0. The fourth-order valence-corrected chi connectivity index (χ4v) is 2.38. The fourth-order valence-electron chi connectivity index (χ4n) is 1.39. The second-order valence-corrected chi connectivity index (χ2v) is 4.02. The van der Waals surface area contributed by atoms with Crippen molar-refractivity contribution in [3.8, 4) is 0 Å². The molecule has 1 atom stereocenters. The fraction of sp³-hybridized carbons (Fsp3) is 1.00. The lowest BCUT2D eigenvalue weighted by molar-refractivity contribution is 0.514. The molecule has 0 aromatic carbocycles. The first-order chi connectivity index (χ1) is 3.93. The zero-order valence-electron chi connectivity index (χ0n) is 5.61. The van der Waals surface area contributed by atoms with Crippen LogP contribution in [0.1, 0.15) is 32.1 Å². The van der Waals surface area contributed by atoms with Crippen LogP contribution in [-0.2, 0) is 0 Å². The van der Waals surface area contributed by atoms with E-state index in [1.165, 1.54) is 40.7 Å². The summed E-state index contributed by atoms with van der Waals surface area (Å²) in [5.41, 5.74) is 1.11. The molecule has 0 amide bonds. The third-order valence-electron chi connectivity index (χ3n) is 2.01. The SMILES string of the molecule is CPC1CCCCC1. The zero-order chi connectivity index (χ0) is 5.82. The van der Waals surface area contributed by atoms with Crippen LogP contribution in [0.2, 0.25) is 0 Å². The number of hydrogen-bond acceptors (Lipinski definition) is 0. The Morgan fingerprint density at radius 1 is 1.12 bits per heavy atom. The molecule has 0 N–H and O–H groups in total. The summed E-state index contributed by atoms with van der Waals surface area (Å²) in [5, 5.41) is 0. The van der Waals surface area contributed by atoms with Gasteiger partial charge in [0.1, 0.15) is 0 Å². The van der Waals surface area contributed by atoms with E-state index in [4.69, 9.17) is 0 Å². The number of hydrogen-bond donors (Lipinski definition) is 0. The van der Waals surface area contributed by atoms with E-state index in [2.05, 4.69) is 6.66 Å². The average Bonchev–Trinajstić information content (AvgIpc) is 1.90. The van der Waals surface area contributed by atoms with Crippen LogP contribution in [0.25, 0.3) is 0 Å². The van der Waals surface area contributed by atoms with Gasteiger partial charge in [0.2, 0.25) is 0 Å². The lowest BCUT2D eigenvalue weighted by Gasteiger charge is -2.18. The van der Waals surface area contributed by atoms with Crippen LogP contribution in [0.3, 0.4) is 0 Å². The van der Waals surface area contributed by atoms with E-state index in [-0.39, 0.29) is 0 Å². The Hall–Kier alpha value is 0.430. The van der Waals surface area contributed by atoms with Crippen molar-refractivity contribution in [3.63, 3.8) is 0 Å². The van der Waals surface area contributed by atoms with Crippen molar-refractivity contribution in [2.75, 3.05) is 6.66 Å². The van der Waals surface area contributed by atoms with Gasteiger partial charge in [-0.05, 0) is 25.2 Å². The highest BCUT2D eigenvalue weighted by Crippen LogP contribution is 2.29. The van der Waals surface area contributed by atoms with Crippen molar-refractivity contribution >= 4 is 8.58 Å². The van der Waals surface area contributed by atoms with Crippen LogP contribution in [0, 0.1) is 0 Å². The van der Waals surface area contributed by atoms with E-state index in [1.807, 2.05) is 0 Å². The minimum absolute atomic E-state index is 1.11. The van der Waals surface area contributed by atoms with Crippen molar-refractivity contribution in [2.45, 2.75) is 37.8 Å². The molecular weight excluding hydrogens is 115 g/mol. The minimum Gasteiger partial charge on any atom is -0.122 e. The van der Waals surface area contributed by atoms with E-state index in [1.54, 1.807) is 0 Å². The van der Waals surface area contributed by atoms with Crippen molar-refractivity contribution < 1.29 is 0 Å². The lowest BCUT2D eigenvalue weighted by Crippen LogP contribution is -2.05. The monoisotopic (exact) mass is 130 g/mol. The maximum atomic E-state index is 2.34. The molecule has 0 saturated heterocycles. The molecule has 0 radical (unpaired) electrons. The molecule has 48 valence electrons. The summed E-state index contributed by atoms with van der Waals surface area (Å²) in [5.74, 6) is 0. The van der Waals surface area contributed by atoms with Gasteiger partial charge in [-0.2, -0.15) is 0 Å². The maximum Gasteiger partial charge on any atom is -0.0239 e. The molecule has 0 nitrogen and oxygen atoms in total. The molecule has 1 saturated carbocycles. The topological polar surface area (TPSA) is 0 Å². The van der Waals surface area contributed by atoms with Gasteiger partial charge >= 0.3 is 0 Å². The Balaban J connectivity index is 2.13. The quantitative estimate of drug-likeness (QED) is 0.478. The van der Waals surface area contributed by atoms with Gasteiger partial charge < -0.3 is 0 Å². The van der Waals surface area contributed by atoms with Gasteiger partial charge in [0.25, 0.3) is 0 Å². The molecule has 1 fully saturated rings. The van der Waals surface area contributed by atoms with Crippen molar-refractivity contribution in [2.24, 2.45) is 0 Å². The molecule has 1 unspecified atom stereocenters. The van der Waals surface area contributed by atoms with E-state index >= 15 is 0 Å². The standard InChI is InChI=1S/C7H15P/c1-8-7-5-3-2-4-6-7/h7-8H,2-6H2,1H3. The highest BCUT2D eigenvalue weighted by molar-refractivity contribution is 7.37. The van der Waals surface area contributed by atoms with Crippen LogP contribution in [0.4, 0.5) is 0 Å². The third-order valence-corrected chi connectivity index (χ3v) is 3.41. The van der Waals surface area contributed by atoms with Crippen LogP contribution < -0.4 is 0 Å². The smallest absolute Gasteiger partial charge is 0.0239 e. The maximum absolute atomic E-state index is 2.34. The molecule has 1 heteroatoms. The molecule has 0 bridgehead atoms. The van der Waals surface area contributed by atoms with Crippen LogP contribution in [0.5, 0.6) is 0 Å². The molecule has 1 aliphatic rings. The summed E-state index contributed by atoms with van der Waals surface area (Å²) < 4.78 is 0. The van der Waals surface area contributed by atoms with E-state index in [0.717, 1.165) is 5.66 Å². The highest BCUT2D eigenvalue weighted by Gasteiger charge is 2.09. The van der Waals surface area contributed by atoms with Gasteiger partial charge in [0.15, 0.2) is 0 Å². The molecule has 0 aliphatic heterocycles. The Morgan fingerprint density at radius 2 is 1.75 bits per heavy atom. The van der Waals surface area contributed by atoms with Crippen molar-refractivity contribution in [1.82, 2.24) is 0 Å². The first-order valence-corrected chi connectivity index (χ1v) is 5.18. The molecule has 1 rings (SSSR count). The van der Waals surface area contributed by atoms with Crippen LogP contribution >= 0.6 is 8.58 Å². The Kier molecular flexibility index (Phi) is 2.83. The highest BCUT2D eigenvalue weighted by atomic mass is 31.1. The first kappa shape index (κ1) is 6.55.